The molecule has 0 saturated heterocycles. The minimum atomic E-state index is -1.38. The van der Waals surface area contributed by atoms with Crippen LogP contribution in [0.1, 0.15) is 24.9 Å². The molecule has 1 rings (SSSR count). The first kappa shape index (κ1) is 14.0. The predicted octanol–water partition coefficient (Wildman–Crippen LogP) is 1.76. The number of rotatable bonds is 4. The Bertz CT molecular complexity index is 475. The molecule has 98 valence electrons. The number of hydrogen-bond acceptors (Lipinski definition) is 2. The molecule has 0 aromatic heterocycles. The first-order valence-electron chi connectivity index (χ1n) is 4.94. The number of carbonyl (C=O) groups is 2. The number of carboxylic acids is 1. The maximum atomic E-state index is 13.4. The Balaban J connectivity index is 3.15. The lowest BCUT2D eigenvalue weighted by molar-refractivity contribution is -0.137. The molecule has 7 heteroatoms. The van der Waals surface area contributed by atoms with E-state index >= 15 is 0 Å². The Labute approximate surface area is 100 Å². The second-order valence-corrected chi connectivity index (χ2v) is 3.64. The molecule has 0 aliphatic rings. The zero-order valence-electron chi connectivity index (χ0n) is 9.34. The number of halogens is 3. The van der Waals surface area contributed by atoms with Crippen molar-refractivity contribution in [2.75, 3.05) is 0 Å². The summed E-state index contributed by atoms with van der Waals surface area (Å²) >= 11 is 0. The average molecular weight is 261 g/mol. The zero-order chi connectivity index (χ0) is 13.9. The van der Waals surface area contributed by atoms with E-state index in [-0.39, 0.29) is 0 Å². The monoisotopic (exact) mass is 261 g/mol. The van der Waals surface area contributed by atoms with Gasteiger partial charge in [-0.25, -0.2) is 13.2 Å². The van der Waals surface area contributed by atoms with Crippen LogP contribution in [0.5, 0.6) is 0 Å². The Morgan fingerprint density at radius 1 is 1.22 bits per heavy atom. The number of aliphatic carboxylic acids is 1. The van der Waals surface area contributed by atoms with Crippen LogP contribution in [0, 0.1) is 17.5 Å². The first-order chi connectivity index (χ1) is 8.31. The summed E-state index contributed by atoms with van der Waals surface area (Å²) < 4.78 is 39.2. The van der Waals surface area contributed by atoms with Gasteiger partial charge in [0.25, 0.3) is 0 Å². The largest absolute Gasteiger partial charge is 0.481 e. The van der Waals surface area contributed by atoms with E-state index in [0.717, 1.165) is 6.92 Å². The van der Waals surface area contributed by atoms with E-state index in [2.05, 4.69) is 5.32 Å². The van der Waals surface area contributed by atoms with Crippen molar-refractivity contribution in [3.63, 3.8) is 0 Å². The Kier molecular flexibility index (Phi) is 4.30. The molecule has 0 radical (unpaired) electrons. The van der Waals surface area contributed by atoms with Gasteiger partial charge in [0.15, 0.2) is 11.6 Å². The molecule has 0 unspecified atom stereocenters. The van der Waals surface area contributed by atoms with Crippen LogP contribution in [0.2, 0.25) is 0 Å². The number of carboxylic acid groups (broad SMARTS) is 1. The maximum absolute atomic E-state index is 13.4. The molecular weight excluding hydrogens is 251 g/mol. The minimum absolute atomic E-state index is 0.307. The number of benzene rings is 1. The first-order valence-corrected chi connectivity index (χ1v) is 4.94. The minimum Gasteiger partial charge on any atom is -0.481 e. The van der Waals surface area contributed by atoms with Crippen molar-refractivity contribution in [3.05, 3.63) is 35.1 Å². The Hall–Kier alpha value is -2.05. The fourth-order valence-electron chi connectivity index (χ4n) is 1.46. The molecule has 1 aromatic carbocycles. The normalized spacial score (nSPS) is 12.0. The fraction of sp³-hybridized carbons (Fsp3) is 0.273. The summed E-state index contributed by atoms with van der Waals surface area (Å²) in [5.74, 6) is -5.72. The van der Waals surface area contributed by atoms with E-state index in [9.17, 15) is 22.8 Å². The lowest BCUT2D eigenvalue weighted by Crippen LogP contribution is -2.29. The van der Waals surface area contributed by atoms with E-state index in [1.165, 1.54) is 0 Å². The fourth-order valence-corrected chi connectivity index (χ4v) is 1.46. The van der Waals surface area contributed by atoms with Gasteiger partial charge in [0.2, 0.25) is 5.91 Å². The molecule has 0 spiro atoms. The van der Waals surface area contributed by atoms with Crippen molar-refractivity contribution >= 4 is 11.9 Å². The van der Waals surface area contributed by atoms with E-state index in [4.69, 9.17) is 5.11 Å². The maximum Gasteiger partial charge on any atom is 0.305 e. The van der Waals surface area contributed by atoms with Gasteiger partial charge in [0.1, 0.15) is 5.82 Å². The quantitative estimate of drug-likeness (QED) is 0.811. The molecule has 0 aliphatic carbocycles. The van der Waals surface area contributed by atoms with Crippen LogP contribution < -0.4 is 5.32 Å². The third-order valence-electron chi connectivity index (χ3n) is 2.17. The van der Waals surface area contributed by atoms with Gasteiger partial charge in [0, 0.05) is 18.6 Å². The molecule has 0 saturated carbocycles. The molecule has 1 amide bonds. The van der Waals surface area contributed by atoms with Crippen molar-refractivity contribution < 1.29 is 27.9 Å². The van der Waals surface area contributed by atoms with E-state index in [1.54, 1.807) is 0 Å². The van der Waals surface area contributed by atoms with Gasteiger partial charge in [-0.15, -0.1) is 0 Å². The summed E-state index contributed by atoms with van der Waals surface area (Å²) in [6.45, 7) is 1.10. The van der Waals surface area contributed by atoms with E-state index in [0.29, 0.717) is 12.1 Å². The second-order valence-electron chi connectivity index (χ2n) is 3.64. The Morgan fingerprint density at radius 3 is 2.28 bits per heavy atom. The van der Waals surface area contributed by atoms with Crippen LogP contribution >= 0.6 is 0 Å². The molecule has 1 aromatic rings. The van der Waals surface area contributed by atoms with Crippen molar-refractivity contribution in [2.24, 2.45) is 0 Å². The van der Waals surface area contributed by atoms with Crippen LogP contribution in [0.3, 0.4) is 0 Å². The van der Waals surface area contributed by atoms with Gasteiger partial charge in [-0.1, -0.05) is 0 Å². The van der Waals surface area contributed by atoms with Crippen molar-refractivity contribution in [3.8, 4) is 0 Å². The molecule has 4 nitrogen and oxygen atoms in total. The standard InChI is InChI=1S/C11H10F3NO3/c1-5(16)15-10(4-11(17)18)6-2-8(13)9(14)3-7(6)12/h2-3,10H,4H2,1H3,(H,15,16)(H,17,18)/t10-/m1/s1. The van der Waals surface area contributed by atoms with Crippen molar-refractivity contribution in [1.82, 2.24) is 5.32 Å². The summed E-state index contributed by atoms with van der Waals surface area (Å²) in [5.41, 5.74) is -0.411. The van der Waals surface area contributed by atoms with Crippen LogP contribution in [-0.4, -0.2) is 17.0 Å². The van der Waals surface area contributed by atoms with Gasteiger partial charge in [-0.2, -0.15) is 0 Å². The van der Waals surface area contributed by atoms with Gasteiger partial charge in [0.05, 0.1) is 12.5 Å². The highest BCUT2D eigenvalue weighted by molar-refractivity contribution is 5.75. The highest BCUT2D eigenvalue weighted by Gasteiger charge is 2.22. The van der Waals surface area contributed by atoms with Gasteiger partial charge in [-0.3, -0.25) is 9.59 Å². The molecule has 0 aliphatic heterocycles. The summed E-state index contributed by atoms with van der Waals surface area (Å²) in [7, 11) is 0. The van der Waals surface area contributed by atoms with Crippen LogP contribution in [0.15, 0.2) is 12.1 Å². The summed E-state index contributed by atoms with van der Waals surface area (Å²) in [4.78, 5) is 21.5. The third-order valence-corrected chi connectivity index (χ3v) is 2.17. The second kappa shape index (κ2) is 5.52. The van der Waals surface area contributed by atoms with Crippen molar-refractivity contribution in [1.29, 1.82) is 0 Å². The molecule has 0 bridgehead atoms. The van der Waals surface area contributed by atoms with Crippen LogP contribution in [-0.2, 0) is 9.59 Å². The van der Waals surface area contributed by atoms with Gasteiger partial charge in [-0.05, 0) is 6.07 Å². The van der Waals surface area contributed by atoms with Gasteiger partial charge >= 0.3 is 5.97 Å². The smallest absolute Gasteiger partial charge is 0.305 e. The SMILES string of the molecule is CC(=O)N[C@H](CC(=O)O)c1cc(F)c(F)cc1F. The molecule has 2 N–H and O–H groups in total. The lowest BCUT2D eigenvalue weighted by Gasteiger charge is -2.17. The summed E-state index contributed by atoms with van der Waals surface area (Å²) in [5, 5.41) is 10.8. The summed E-state index contributed by atoms with van der Waals surface area (Å²) in [6, 6.07) is -0.412. The molecule has 0 fully saturated rings. The van der Waals surface area contributed by atoms with Crippen LogP contribution in [0.4, 0.5) is 13.2 Å². The number of nitrogens with one attached hydrogen (secondary N) is 1. The highest BCUT2D eigenvalue weighted by atomic mass is 19.2. The lowest BCUT2D eigenvalue weighted by atomic mass is 10.0. The van der Waals surface area contributed by atoms with E-state index < -0.39 is 47.4 Å². The predicted molar refractivity (Wildman–Crippen MR) is 55.1 cm³/mol. The average Bonchev–Trinajstić information content (AvgIpc) is 2.21. The van der Waals surface area contributed by atoms with Gasteiger partial charge < -0.3 is 10.4 Å². The molecule has 1 atom stereocenters. The molecule has 0 heterocycles. The molecule has 18 heavy (non-hydrogen) atoms. The molecular formula is C11H10F3NO3. The third kappa shape index (κ3) is 3.47. The zero-order valence-corrected chi connectivity index (χ0v) is 9.34. The van der Waals surface area contributed by atoms with Crippen molar-refractivity contribution in [2.45, 2.75) is 19.4 Å². The Morgan fingerprint density at radius 2 is 1.78 bits per heavy atom. The highest BCUT2D eigenvalue weighted by Crippen LogP contribution is 2.23. The number of amides is 1. The van der Waals surface area contributed by atoms with Crippen LogP contribution in [0.25, 0.3) is 0 Å². The number of carbonyl (C=O) groups excluding carboxylic acids is 1. The topological polar surface area (TPSA) is 66.4 Å². The number of hydrogen-bond donors (Lipinski definition) is 2. The summed E-state index contributed by atoms with van der Waals surface area (Å²) in [6.07, 6.45) is -0.637. The van der Waals surface area contributed by atoms with E-state index in [1.807, 2.05) is 0 Å².